The van der Waals surface area contributed by atoms with Gasteiger partial charge in [-0.2, -0.15) is 0 Å². The Morgan fingerprint density at radius 2 is 0.842 bits per heavy atom. The topological polar surface area (TPSA) is 144 Å². The number of benzene rings is 4. The predicted octanol–water partition coefficient (Wildman–Crippen LogP) is 0.826. The Labute approximate surface area is 236 Å². The molecule has 2 heterocycles. The summed E-state index contributed by atoms with van der Waals surface area (Å²) in [5.41, 5.74) is 4.86. The van der Waals surface area contributed by atoms with Gasteiger partial charge in [0.15, 0.2) is 0 Å². The molecule has 0 radical (unpaired) electrons. The minimum Gasteiger partial charge on any atom is -1.00 e. The van der Waals surface area contributed by atoms with Crippen LogP contribution in [0.1, 0.15) is 0 Å². The van der Waals surface area contributed by atoms with Crippen LogP contribution in [0.15, 0.2) is 97.1 Å². The van der Waals surface area contributed by atoms with Crippen LogP contribution in [0.4, 0.5) is 0 Å². The molecule has 4 aromatic carbocycles. The van der Waals surface area contributed by atoms with Crippen LogP contribution in [0.25, 0.3) is 44.8 Å². The zero-order valence-electron chi connectivity index (χ0n) is 20.6. The number of aliphatic hydroxyl groups excluding tert-OH is 2. The first-order chi connectivity index (χ1) is 17.7. The predicted molar refractivity (Wildman–Crippen MR) is 138 cm³/mol. The van der Waals surface area contributed by atoms with E-state index in [0.29, 0.717) is 22.8 Å². The molecule has 0 aliphatic rings. The molecule has 196 valence electrons. The van der Waals surface area contributed by atoms with Crippen molar-refractivity contribution in [2.24, 2.45) is 0 Å². The number of rotatable bonds is 2. The summed E-state index contributed by atoms with van der Waals surface area (Å²) >= 11 is 0. The van der Waals surface area contributed by atoms with E-state index in [0.717, 1.165) is 36.3 Å². The average Bonchev–Trinajstić information content (AvgIpc) is 3.56. The van der Waals surface area contributed by atoms with Gasteiger partial charge in [0.1, 0.15) is 11.6 Å². The molecule has 6 rings (SSSR count). The number of hydrogen-bond acceptors (Lipinski definition) is 6. The Kier molecular flexibility index (Phi) is 13.6. The van der Waals surface area contributed by atoms with E-state index in [1.807, 2.05) is 60.7 Å². The zero-order chi connectivity index (χ0) is 25.9. The van der Waals surface area contributed by atoms with Crippen molar-refractivity contribution < 1.29 is 49.9 Å². The minimum absolute atomic E-state index is 0. The normalized spacial score (nSPS) is 9.37. The van der Waals surface area contributed by atoms with Gasteiger partial charge >= 0.3 is 17.1 Å². The van der Waals surface area contributed by atoms with Crippen LogP contribution in [0.2, 0.25) is 0 Å². The molecule has 0 saturated heterocycles. The van der Waals surface area contributed by atoms with E-state index in [2.05, 4.69) is 19.9 Å². The molecule has 10 heteroatoms. The van der Waals surface area contributed by atoms with Gasteiger partial charge in [-0.25, -0.2) is 9.97 Å². The summed E-state index contributed by atoms with van der Waals surface area (Å²) in [5.74, 6) is 1.24. The number of aromatic nitrogens is 4. The van der Waals surface area contributed by atoms with Gasteiger partial charge in [0.05, 0.1) is 22.1 Å². The first-order valence-corrected chi connectivity index (χ1v) is 11.0. The van der Waals surface area contributed by atoms with E-state index in [9.17, 15) is 10.2 Å². The van der Waals surface area contributed by atoms with Crippen molar-refractivity contribution in [3.63, 3.8) is 0 Å². The van der Waals surface area contributed by atoms with Gasteiger partial charge in [0.2, 0.25) is 0 Å². The van der Waals surface area contributed by atoms with Gasteiger partial charge in [-0.1, -0.05) is 84.3 Å². The molecule has 0 aliphatic heterocycles. The Hall–Kier alpha value is -3.85. The Morgan fingerprint density at radius 3 is 1.18 bits per heavy atom. The Morgan fingerprint density at radius 1 is 0.526 bits per heavy atom. The summed E-state index contributed by atoms with van der Waals surface area (Å²) in [6.45, 7) is 0. The second kappa shape index (κ2) is 16.1. The molecular formula is C28H26ClMnN4O4. The number of H-pyrrole nitrogens is 2. The van der Waals surface area contributed by atoms with E-state index < -0.39 is 0 Å². The van der Waals surface area contributed by atoms with E-state index in [1.165, 1.54) is 0 Å². The zero-order valence-corrected chi connectivity index (χ0v) is 22.5. The first-order valence-electron chi connectivity index (χ1n) is 11.0. The third-order valence-corrected chi connectivity index (χ3v) is 5.06. The van der Waals surface area contributed by atoms with Crippen molar-refractivity contribution in [1.82, 2.24) is 19.9 Å². The Balaban J connectivity index is 0.000000321. The van der Waals surface area contributed by atoms with Gasteiger partial charge in [-0.05, 0) is 24.3 Å². The second-order valence-electron chi connectivity index (χ2n) is 7.20. The van der Waals surface area contributed by atoms with E-state index in [-0.39, 0.29) is 41.0 Å². The fourth-order valence-electron chi connectivity index (χ4n) is 3.49. The third-order valence-electron chi connectivity index (χ3n) is 5.06. The standard InChI is InChI=1S/2C13H10N2O.2CH4O.ClH.Mn/c2*16-12-8-4-1-5-9(12)13-14-10-6-2-3-7-11(10)15-13;2*1-2;;/h2*1-8,16H,(H,14,15);2*2H,1H3;1H;/q;;;;;+3/p-3. The van der Waals surface area contributed by atoms with E-state index in [4.69, 9.17) is 10.2 Å². The molecule has 6 aromatic rings. The maximum Gasteiger partial charge on any atom is 3.00 e. The number of nitrogens with zero attached hydrogens (tertiary/aromatic N) is 2. The molecule has 0 bridgehead atoms. The van der Waals surface area contributed by atoms with Crippen LogP contribution in [-0.4, -0.2) is 44.4 Å². The van der Waals surface area contributed by atoms with Crippen molar-refractivity contribution in [3.8, 4) is 34.3 Å². The maximum absolute atomic E-state index is 11.6. The van der Waals surface area contributed by atoms with E-state index in [1.54, 1.807) is 36.4 Å². The summed E-state index contributed by atoms with van der Waals surface area (Å²) in [6, 6.07) is 29.2. The second-order valence-corrected chi connectivity index (χ2v) is 7.20. The van der Waals surface area contributed by atoms with Crippen LogP contribution in [-0.2, 0) is 17.1 Å². The minimum atomic E-state index is -0.0124. The van der Waals surface area contributed by atoms with Crippen molar-refractivity contribution in [2.75, 3.05) is 14.2 Å². The molecule has 8 nitrogen and oxygen atoms in total. The summed E-state index contributed by atoms with van der Waals surface area (Å²) in [5, 5.41) is 37.3. The molecule has 0 unspecified atom stereocenters. The quantitative estimate of drug-likeness (QED) is 0.226. The molecule has 4 N–H and O–H groups in total. The van der Waals surface area contributed by atoms with Crippen molar-refractivity contribution >= 4 is 22.1 Å². The van der Waals surface area contributed by atoms with Gasteiger partial charge in [-0.15, -0.1) is 0 Å². The van der Waals surface area contributed by atoms with Crippen LogP contribution >= 0.6 is 0 Å². The fourth-order valence-corrected chi connectivity index (χ4v) is 3.49. The summed E-state index contributed by atoms with van der Waals surface area (Å²) in [7, 11) is 2.00. The third kappa shape index (κ3) is 7.58. The molecule has 38 heavy (non-hydrogen) atoms. The average molecular weight is 573 g/mol. The molecule has 0 fully saturated rings. The van der Waals surface area contributed by atoms with Crippen LogP contribution in [0, 0.1) is 0 Å². The van der Waals surface area contributed by atoms with Gasteiger partial charge in [0.25, 0.3) is 0 Å². The van der Waals surface area contributed by atoms with Gasteiger partial charge < -0.3 is 42.8 Å². The number of imidazole rings is 2. The van der Waals surface area contributed by atoms with Crippen LogP contribution in [0.5, 0.6) is 11.5 Å². The van der Waals surface area contributed by atoms with E-state index >= 15 is 0 Å². The SMILES string of the molecule is CO.CO.[Cl-].[Mn+3].[O-]c1ccccc1-c1nc2ccccc2[nH]1.[O-]c1ccccc1-c1nc2ccccc2[nH]1. The van der Waals surface area contributed by atoms with Crippen molar-refractivity contribution in [1.29, 1.82) is 0 Å². The fraction of sp³-hybridized carbons (Fsp3) is 0.0714. The Bertz CT molecular complexity index is 1360. The molecule has 0 spiro atoms. The van der Waals surface area contributed by atoms with Crippen LogP contribution < -0.4 is 22.6 Å². The molecule has 2 aromatic heterocycles. The number of para-hydroxylation sites is 6. The molecular weight excluding hydrogens is 547 g/mol. The molecule has 0 amide bonds. The smallest absolute Gasteiger partial charge is 1.00 e. The van der Waals surface area contributed by atoms with Crippen molar-refractivity contribution in [2.45, 2.75) is 0 Å². The number of halogens is 1. The monoisotopic (exact) mass is 572 g/mol. The maximum atomic E-state index is 11.6. The number of hydrogen-bond donors (Lipinski definition) is 4. The van der Waals surface area contributed by atoms with Crippen LogP contribution in [0.3, 0.4) is 0 Å². The molecule has 0 aliphatic carbocycles. The number of aromatic amines is 2. The molecule has 0 saturated carbocycles. The first kappa shape index (κ1) is 32.2. The van der Waals surface area contributed by atoms with Gasteiger partial charge in [-0.3, -0.25) is 0 Å². The summed E-state index contributed by atoms with van der Waals surface area (Å²) < 4.78 is 0. The number of nitrogens with one attached hydrogen (secondary N) is 2. The summed E-state index contributed by atoms with van der Waals surface area (Å²) in [6.07, 6.45) is 0. The number of aliphatic hydroxyl groups is 2. The summed E-state index contributed by atoms with van der Waals surface area (Å²) in [4.78, 5) is 15.1. The number of fused-ring (bicyclic) bond motifs is 2. The van der Waals surface area contributed by atoms with Gasteiger partial charge in [0, 0.05) is 25.3 Å². The largest absolute Gasteiger partial charge is 3.00 e. The van der Waals surface area contributed by atoms with Crippen molar-refractivity contribution in [3.05, 3.63) is 97.1 Å². The molecule has 0 atom stereocenters.